The van der Waals surface area contributed by atoms with Crippen molar-refractivity contribution < 1.29 is 32.2 Å². The van der Waals surface area contributed by atoms with Gasteiger partial charge in [0.25, 0.3) is 15.8 Å². The summed E-state index contributed by atoms with van der Waals surface area (Å²) in [6, 6.07) is 12.6. The Labute approximate surface area is 161 Å². The molecule has 2 rings (SSSR count). The fraction of sp³-hybridized carbons (Fsp3) is 0.278. The Morgan fingerprint density at radius 2 is 1.75 bits per heavy atom. The highest BCUT2D eigenvalue weighted by Crippen LogP contribution is 2.21. The fourth-order valence-corrected chi connectivity index (χ4v) is 3.46. The summed E-state index contributed by atoms with van der Waals surface area (Å²) >= 11 is 0. The normalized spacial score (nSPS) is 13.5. The van der Waals surface area contributed by atoms with Gasteiger partial charge in [-0.1, -0.05) is 30.3 Å². The van der Waals surface area contributed by atoms with E-state index in [-0.39, 0.29) is 23.6 Å². The number of non-ortho nitro benzene ring substituents is 1. The van der Waals surface area contributed by atoms with E-state index in [4.69, 9.17) is 8.92 Å². The molecule has 0 aliphatic heterocycles. The highest BCUT2D eigenvalue weighted by Gasteiger charge is 2.33. The Balaban J connectivity index is 2.28. The molecule has 2 aromatic rings. The number of nitro benzene ring substituents is 1. The van der Waals surface area contributed by atoms with Gasteiger partial charge in [-0.2, -0.15) is 8.42 Å². The van der Waals surface area contributed by atoms with E-state index in [1.807, 2.05) is 0 Å². The van der Waals surface area contributed by atoms with Gasteiger partial charge in [0, 0.05) is 18.6 Å². The second-order valence-corrected chi connectivity index (χ2v) is 7.30. The molecule has 0 radical (unpaired) electrons. The third-order valence-corrected chi connectivity index (χ3v) is 5.10. The minimum Gasteiger partial charge on any atom is -0.464 e. The van der Waals surface area contributed by atoms with Gasteiger partial charge >= 0.3 is 5.97 Å². The number of esters is 1. The first-order valence-electron chi connectivity index (χ1n) is 8.31. The van der Waals surface area contributed by atoms with E-state index >= 15 is 0 Å². The van der Waals surface area contributed by atoms with Gasteiger partial charge in [0.2, 0.25) is 0 Å². The summed E-state index contributed by atoms with van der Waals surface area (Å²) in [7, 11) is -4.41. The van der Waals surface area contributed by atoms with Crippen LogP contribution in [0.5, 0.6) is 0 Å². The second-order valence-electron chi connectivity index (χ2n) is 5.73. The van der Waals surface area contributed by atoms with E-state index in [0.717, 1.165) is 24.3 Å². The lowest BCUT2D eigenvalue weighted by Crippen LogP contribution is -2.40. The van der Waals surface area contributed by atoms with Crippen LogP contribution in [0.2, 0.25) is 0 Å². The quantitative estimate of drug-likeness (QED) is 0.287. The first-order valence-corrected chi connectivity index (χ1v) is 9.71. The molecular formula is C18H19NO8S. The lowest BCUT2D eigenvalue weighted by molar-refractivity contribution is -0.384. The number of benzene rings is 2. The predicted octanol–water partition coefficient (Wildman–Crippen LogP) is 1.84. The van der Waals surface area contributed by atoms with Crippen molar-refractivity contribution in [2.45, 2.75) is 30.4 Å². The Morgan fingerprint density at radius 1 is 1.14 bits per heavy atom. The minimum atomic E-state index is -4.41. The summed E-state index contributed by atoms with van der Waals surface area (Å²) in [6.45, 7) is 1.55. The minimum absolute atomic E-state index is 0.00303. The summed E-state index contributed by atoms with van der Waals surface area (Å²) in [5.74, 6) is -1.01. The Kier molecular flexibility index (Phi) is 7.21. The molecule has 0 aliphatic carbocycles. The summed E-state index contributed by atoms with van der Waals surface area (Å²) in [5.41, 5.74) is 0.348. The van der Waals surface area contributed by atoms with Crippen LogP contribution >= 0.6 is 0 Å². The highest BCUT2D eigenvalue weighted by atomic mass is 32.2. The second kappa shape index (κ2) is 9.40. The molecular weight excluding hydrogens is 390 g/mol. The number of ether oxygens (including phenoxy) is 1. The van der Waals surface area contributed by atoms with Crippen LogP contribution < -0.4 is 0 Å². The predicted molar refractivity (Wildman–Crippen MR) is 97.9 cm³/mol. The van der Waals surface area contributed by atoms with Crippen LogP contribution in [0.1, 0.15) is 12.5 Å². The van der Waals surface area contributed by atoms with Crippen LogP contribution in [0.3, 0.4) is 0 Å². The van der Waals surface area contributed by atoms with Crippen LogP contribution in [0.4, 0.5) is 5.69 Å². The summed E-state index contributed by atoms with van der Waals surface area (Å²) in [4.78, 5) is 21.6. The van der Waals surface area contributed by atoms with Gasteiger partial charge in [0.1, 0.15) is 6.10 Å². The molecule has 0 fully saturated rings. The van der Waals surface area contributed by atoms with Crippen LogP contribution in [0, 0.1) is 10.1 Å². The standard InChI is InChI=1S/C18H19NO8S/c1-2-26-18(21)17(20)16(12-13-6-4-3-5-7-13)27-28(24,25)15-10-8-14(9-11-15)19(22)23/h3-11,16-17,20H,2,12H2,1H3. The maximum Gasteiger partial charge on any atom is 0.337 e. The van der Waals surface area contributed by atoms with Crippen molar-refractivity contribution in [3.05, 3.63) is 70.3 Å². The zero-order valence-electron chi connectivity index (χ0n) is 14.9. The van der Waals surface area contributed by atoms with Crippen molar-refractivity contribution in [2.24, 2.45) is 0 Å². The zero-order chi connectivity index (χ0) is 20.7. The van der Waals surface area contributed by atoms with Crippen molar-refractivity contribution >= 4 is 21.8 Å². The topological polar surface area (TPSA) is 133 Å². The van der Waals surface area contributed by atoms with E-state index in [1.54, 1.807) is 37.3 Å². The van der Waals surface area contributed by atoms with Crippen molar-refractivity contribution in [3.63, 3.8) is 0 Å². The zero-order valence-corrected chi connectivity index (χ0v) is 15.7. The maximum absolute atomic E-state index is 12.5. The molecule has 0 aliphatic rings. The van der Waals surface area contributed by atoms with Crippen molar-refractivity contribution in [3.8, 4) is 0 Å². The van der Waals surface area contributed by atoms with Gasteiger partial charge in [0.05, 0.1) is 16.4 Å². The first-order chi connectivity index (χ1) is 13.2. The number of carbonyl (C=O) groups excluding carboxylic acids is 1. The van der Waals surface area contributed by atoms with Crippen LogP contribution in [0.15, 0.2) is 59.5 Å². The molecule has 0 spiro atoms. The van der Waals surface area contributed by atoms with Crippen LogP contribution in [-0.2, 0) is 30.3 Å². The highest BCUT2D eigenvalue weighted by molar-refractivity contribution is 7.86. The Bertz CT molecular complexity index is 912. The molecule has 9 nitrogen and oxygen atoms in total. The Morgan fingerprint density at radius 3 is 2.29 bits per heavy atom. The van der Waals surface area contributed by atoms with Crippen molar-refractivity contribution in [1.29, 1.82) is 0 Å². The smallest absolute Gasteiger partial charge is 0.337 e. The van der Waals surface area contributed by atoms with E-state index in [2.05, 4.69) is 0 Å². The lowest BCUT2D eigenvalue weighted by atomic mass is 10.0. The van der Waals surface area contributed by atoms with E-state index < -0.39 is 33.2 Å². The van der Waals surface area contributed by atoms with E-state index in [9.17, 15) is 28.4 Å². The third kappa shape index (κ3) is 5.59. The average Bonchev–Trinajstić information content (AvgIpc) is 2.67. The SMILES string of the molecule is CCOC(=O)C(O)C(Cc1ccccc1)OS(=O)(=O)c1ccc([N+](=O)[O-])cc1. The number of rotatable bonds is 9. The fourth-order valence-electron chi connectivity index (χ4n) is 2.38. The molecule has 10 heteroatoms. The molecule has 0 bridgehead atoms. The summed E-state index contributed by atoms with van der Waals surface area (Å²) in [5, 5.41) is 21.0. The van der Waals surface area contributed by atoms with Crippen molar-refractivity contribution in [2.75, 3.05) is 6.61 Å². The van der Waals surface area contributed by atoms with E-state index in [0.29, 0.717) is 5.56 Å². The molecule has 1 N–H and O–H groups in total. The average molecular weight is 409 g/mol. The van der Waals surface area contributed by atoms with Gasteiger partial charge < -0.3 is 9.84 Å². The molecule has 2 aromatic carbocycles. The van der Waals surface area contributed by atoms with Crippen molar-refractivity contribution in [1.82, 2.24) is 0 Å². The molecule has 0 saturated heterocycles. The number of aliphatic hydroxyl groups is 1. The maximum atomic E-state index is 12.5. The first kappa shape index (κ1) is 21.5. The van der Waals surface area contributed by atoms with Crippen LogP contribution in [0.25, 0.3) is 0 Å². The lowest BCUT2D eigenvalue weighted by Gasteiger charge is -2.21. The van der Waals surface area contributed by atoms with E-state index in [1.165, 1.54) is 0 Å². The number of hydrogen-bond donors (Lipinski definition) is 1. The third-order valence-electron chi connectivity index (χ3n) is 3.75. The van der Waals surface area contributed by atoms with Gasteiger partial charge in [-0.3, -0.25) is 14.3 Å². The molecule has 28 heavy (non-hydrogen) atoms. The Hall–Kier alpha value is -2.82. The number of aliphatic hydroxyl groups excluding tert-OH is 1. The molecule has 2 unspecified atom stereocenters. The number of hydrogen-bond acceptors (Lipinski definition) is 8. The number of carbonyl (C=O) groups is 1. The van der Waals surface area contributed by atoms with Gasteiger partial charge in [-0.15, -0.1) is 0 Å². The number of nitrogens with zero attached hydrogens (tertiary/aromatic N) is 1. The molecule has 0 heterocycles. The number of nitro groups is 1. The molecule has 150 valence electrons. The summed E-state index contributed by atoms with van der Waals surface area (Å²) in [6.07, 6.45) is -3.36. The van der Waals surface area contributed by atoms with Gasteiger partial charge in [0.15, 0.2) is 6.10 Å². The largest absolute Gasteiger partial charge is 0.464 e. The monoisotopic (exact) mass is 409 g/mol. The van der Waals surface area contributed by atoms with Crippen LogP contribution in [-0.4, -0.2) is 43.2 Å². The molecule has 0 aromatic heterocycles. The molecule has 0 amide bonds. The summed E-state index contributed by atoms with van der Waals surface area (Å²) < 4.78 is 34.9. The van der Waals surface area contributed by atoms with Gasteiger partial charge in [-0.05, 0) is 24.6 Å². The van der Waals surface area contributed by atoms with Gasteiger partial charge in [-0.25, -0.2) is 4.79 Å². The molecule has 0 saturated carbocycles. The molecule has 2 atom stereocenters.